The third-order valence-corrected chi connectivity index (χ3v) is 3.22. The van der Waals surface area contributed by atoms with Crippen molar-refractivity contribution in [3.05, 3.63) is 65.7 Å². The molecule has 0 saturated carbocycles. The molecule has 0 amide bonds. The maximum Gasteiger partial charge on any atom is 0.0766 e. The lowest BCUT2D eigenvalue weighted by Crippen LogP contribution is -2.13. The van der Waals surface area contributed by atoms with Crippen LogP contribution in [0.1, 0.15) is 17.0 Å². The summed E-state index contributed by atoms with van der Waals surface area (Å²) >= 11 is 0. The molecule has 0 radical (unpaired) electrons. The number of aryl methyl sites for hydroxylation is 1. The molecule has 2 aromatic heterocycles. The van der Waals surface area contributed by atoms with Gasteiger partial charge in [-0.1, -0.05) is 18.2 Å². The van der Waals surface area contributed by atoms with Crippen LogP contribution in [0.4, 0.5) is 0 Å². The van der Waals surface area contributed by atoms with Gasteiger partial charge in [0.1, 0.15) is 0 Å². The average Bonchev–Trinajstić information content (AvgIpc) is 3.10. The zero-order chi connectivity index (χ0) is 13.8. The van der Waals surface area contributed by atoms with Gasteiger partial charge in [-0.15, -0.1) is 0 Å². The lowest BCUT2D eigenvalue weighted by atomic mass is 10.2. The zero-order valence-electron chi connectivity index (χ0n) is 11.4. The first-order chi connectivity index (χ1) is 9.83. The number of nitrogens with zero attached hydrogens (tertiary/aromatic N) is 3. The molecule has 0 fully saturated rings. The summed E-state index contributed by atoms with van der Waals surface area (Å²) in [7, 11) is 0. The second-order valence-electron chi connectivity index (χ2n) is 4.71. The maximum atomic E-state index is 4.55. The summed E-state index contributed by atoms with van der Waals surface area (Å²) < 4.78 is 1.89. The molecule has 3 aromatic rings. The van der Waals surface area contributed by atoms with Gasteiger partial charge in [-0.25, -0.2) is 4.68 Å². The number of para-hydroxylation sites is 1. The molecule has 5 heteroatoms. The summed E-state index contributed by atoms with van der Waals surface area (Å²) in [6.07, 6.45) is 3.83. The molecule has 5 nitrogen and oxygen atoms in total. The molecule has 0 aliphatic carbocycles. The number of H-pyrrole nitrogens is 1. The number of hydrogen-bond donors (Lipinski definition) is 2. The van der Waals surface area contributed by atoms with Gasteiger partial charge in [-0.2, -0.15) is 10.2 Å². The highest BCUT2D eigenvalue weighted by Gasteiger charge is 2.02. The molecule has 2 heterocycles. The third-order valence-electron chi connectivity index (χ3n) is 3.22. The van der Waals surface area contributed by atoms with Gasteiger partial charge in [0.25, 0.3) is 0 Å². The molecular formula is C15H17N5. The van der Waals surface area contributed by atoms with Gasteiger partial charge < -0.3 is 5.32 Å². The van der Waals surface area contributed by atoms with Crippen molar-refractivity contribution < 1.29 is 0 Å². The van der Waals surface area contributed by atoms with Gasteiger partial charge in [-0.05, 0) is 25.1 Å². The summed E-state index contributed by atoms with van der Waals surface area (Å²) in [6.45, 7) is 3.55. The molecule has 102 valence electrons. The van der Waals surface area contributed by atoms with Gasteiger partial charge in [0.15, 0.2) is 0 Å². The first kappa shape index (κ1) is 12.6. The molecule has 0 bridgehead atoms. The maximum absolute atomic E-state index is 4.55. The molecule has 0 atom stereocenters. The van der Waals surface area contributed by atoms with Crippen molar-refractivity contribution in [3.8, 4) is 5.69 Å². The van der Waals surface area contributed by atoms with Crippen molar-refractivity contribution in [2.24, 2.45) is 0 Å². The van der Waals surface area contributed by atoms with Gasteiger partial charge in [0.05, 0.1) is 17.6 Å². The van der Waals surface area contributed by atoms with E-state index < -0.39 is 0 Å². The van der Waals surface area contributed by atoms with E-state index in [1.165, 1.54) is 5.56 Å². The van der Waals surface area contributed by atoms with Crippen molar-refractivity contribution in [2.45, 2.75) is 20.0 Å². The van der Waals surface area contributed by atoms with Crippen LogP contribution in [-0.4, -0.2) is 20.0 Å². The van der Waals surface area contributed by atoms with E-state index in [9.17, 15) is 0 Å². The van der Waals surface area contributed by atoms with Crippen molar-refractivity contribution in [1.29, 1.82) is 0 Å². The molecule has 0 unspecified atom stereocenters. The zero-order valence-corrected chi connectivity index (χ0v) is 11.4. The van der Waals surface area contributed by atoms with E-state index in [4.69, 9.17) is 0 Å². The lowest BCUT2D eigenvalue weighted by molar-refractivity contribution is 0.667. The summed E-state index contributed by atoms with van der Waals surface area (Å²) in [5.41, 5.74) is 4.39. The van der Waals surface area contributed by atoms with Crippen LogP contribution in [0.5, 0.6) is 0 Å². The smallest absolute Gasteiger partial charge is 0.0766 e. The molecule has 0 saturated heterocycles. The first-order valence-corrected chi connectivity index (χ1v) is 6.62. The monoisotopic (exact) mass is 267 g/mol. The highest BCUT2D eigenvalue weighted by molar-refractivity contribution is 5.30. The van der Waals surface area contributed by atoms with Gasteiger partial charge in [0, 0.05) is 30.5 Å². The van der Waals surface area contributed by atoms with Crippen LogP contribution < -0.4 is 5.32 Å². The van der Waals surface area contributed by atoms with Gasteiger partial charge in [-0.3, -0.25) is 5.10 Å². The Morgan fingerprint density at radius 1 is 1.15 bits per heavy atom. The number of aromatic nitrogens is 4. The number of aromatic amines is 1. The second kappa shape index (κ2) is 5.71. The van der Waals surface area contributed by atoms with E-state index in [0.29, 0.717) is 0 Å². The van der Waals surface area contributed by atoms with E-state index in [-0.39, 0.29) is 0 Å². The van der Waals surface area contributed by atoms with Crippen LogP contribution in [0, 0.1) is 6.92 Å². The van der Waals surface area contributed by atoms with Crippen molar-refractivity contribution in [1.82, 2.24) is 25.3 Å². The minimum Gasteiger partial charge on any atom is -0.307 e. The van der Waals surface area contributed by atoms with Crippen molar-refractivity contribution in [2.75, 3.05) is 0 Å². The minimum atomic E-state index is 0.741. The Hall–Kier alpha value is -2.40. The van der Waals surface area contributed by atoms with E-state index in [0.717, 1.165) is 30.2 Å². The summed E-state index contributed by atoms with van der Waals surface area (Å²) in [5, 5.41) is 14.9. The Labute approximate surface area is 117 Å². The molecule has 0 aliphatic rings. The highest BCUT2D eigenvalue weighted by Crippen LogP contribution is 2.07. The van der Waals surface area contributed by atoms with Crippen molar-refractivity contribution >= 4 is 0 Å². The molecule has 3 rings (SSSR count). The van der Waals surface area contributed by atoms with Crippen LogP contribution in [0.25, 0.3) is 5.69 Å². The Morgan fingerprint density at radius 2 is 2.00 bits per heavy atom. The summed E-state index contributed by atoms with van der Waals surface area (Å²) in [6, 6.07) is 12.1. The predicted octanol–water partition coefficient (Wildman–Crippen LogP) is 2.19. The van der Waals surface area contributed by atoms with Gasteiger partial charge in [0.2, 0.25) is 0 Å². The third kappa shape index (κ3) is 2.78. The number of nitrogens with one attached hydrogen (secondary N) is 2. The van der Waals surface area contributed by atoms with Crippen LogP contribution >= 0.6 is 0 Å². The SMILES string of the molecule is Cc1[nH]ncc1CNCc1ccn(-c2ccccc2)n1. The molecule has 0 spiro atoms. The van der Waals surface area contributed by atoms with Crippen LogP contribution in [0.3, 0.4) is 0 Å². The topological polar surface area (TPSA) is 58.5 Å². The summed E-state index contributed by atoms with van der Waals surface area (Å²) in [5.74, 6) is 0. The number of rotatable bonds is 5. The normalized spacial score (nSPS) is 10.8. The molecule has 2 N–H and O–H groups in total. The largest absolute Gasteiger partial charge is 0.307 e. The van der Waals surface area contributed by atoms with E-state index >= 15 is 0 Å². The Morgan fingerprint density at radius 3 is 2.75 bits per heavy atom. The van der Waals surface area contributed by atoms with Crippen LogP contribution in [0.2, 0.25) is 0 Å². The first-order valence-electron chi connectivity index (χ1n) is 6.62. The van der Waals surface area contributed by atoms with Crippen LogP contribution in [-0.2, 0) is 13.1 Å². The second-order valence-corrected chi connectivity index (χ2v) is 4.71. The predicted molar refractivity (Wildman–Crippen MR) is 77.4 cm³/mol. The fourth-order valence-corrected chi connectivity index (χ4v) is 2.06. The number of benzene rings is 1. The quantitative estimate of drug-likeness (QED) is 0.745. The fourth-order valence-electron chi connectivity index (χ4n) is 2.06. The lowest BCUT2D eigenvalue weighted by Gasteiger charge is -2.02. The van der Waals surface area contributed by atoms with Gasteiger partial charge >= 0.3 is 0 Å². The number of hydrogen-bond acceptors (Lipinski definition) is 3. The van der Waals surface area contributed by atoms with Crippen LogP contribution in [0.15, 0.2) is 48.8 Å². The molecular weight excluding hydrogens is 250 g/mol. The van der Waals surface area contributed by atoms with E-state index in [2.05, 4.69) is 20.6 Å². The standard InChI is InChI=1S/C15H17N5/c1-12-13(10-17-18-12)9-16-11-14-7-8-20(19-14)15-5-3-2-4-6-15/h2-8,10,16H,9,11H2,1H3,(H,17,18). The van der Waals surface area contributed by atoms with E-state index in [1.807, 2.05) is 60.4 Å². The fraction of sp³-hybridized carbons (Fsp3) is 0.200. The molecule has 20 heavy (non-hydrogen) atoms. The average molecular weight is 267 g/mol. The Balaban J connectivity index is 1.59. The Bertz CT molecular complexity index is 668. The highest BCUT2D eigenvalue weighted by atomic mass is 15.3. The molecule has 0 aliphatic heterocycles. The molecule has 1 aromatic carbocycles. The van der Waals surface area contributed by atoms with Crippen molar-refractivity contribution in [3.63, 3.8) is 0 Å². The summed E-state index contributed by atoms with van der Waals surface area (Å²) in [4.78, 5) is 0. The Kier molecular flexibility index (Phi) is 3.60. The van der Waals surface area contributed by atoms with E-state index in [1.54, 1.807) is 0 Å². The minimum absolute atomic E-state index is 0.741.